The van der Waals surface area contributed by atoms with Crippen LogP contribution >= 0.6 is 0 Å². The van der Waals surface area contributed by atoms with E-state index in [-0.39, 0.29) is 24.7 Å². The number of amides is 2. The molecule has 2 atom stereocenters. The van der Waals surface area contributed by atoms with Gasteiger partial charge in [-0.05, 0) is 18.9 Å². The molecule has 6 heteroatoms. The zero-order valence-corrected chi connectivity index (χ0v) is 12.9. The van der Waals surface area contributed by atoms with Crippen LogP contribution < -0.4 is 10.6 Å². The average Bonchev–Trinajstić information content (AvgIpc) is 2.94. The summed E-state index contributed by atoms with van der Waals surface area (Å²) >= 11 is 0. The third-order valence-corrected chi connectivity index (χ3v) is 3.50. The maximum Gasteiger partial charge on any atom is 0.315 e. The standard InChI is InChI=1S/C16H22N4O2/c1-12(14-10-17-20(2)11-14)18-16(22)19-15(8-9-21)13-6-4-3-5-7-13/h3-7,10-12,15,21H,8-9H2,1-2H3,(H2,18,19,22)/t12?,15-/m1/s1. The third kappa shape index (κ3) is 4.33. The molecule has 2 amide bonds. The summed E-state index contributed by atoms with van der Waals surface area (Å²) < 4.78 is 1.70. The van der Waals surface area contributed by atoms with Gasteiger partial charge in [-0.15, -0.1) is 0 Å². The van der Waals surface area contributed by atoms with E-state index >= 15 is 0 Å². The van der Waals surface area contributed by atoms with Crippen molar-refractivity contribution in [3.63, 3.8) is 0 Å². The monoisotopic (exact) mass is 302 g/mol. The van der Waals surface area contributed by atoms with E-state index in [1.807, 2.05) is 50.5 Å². The molecule has 22 heavy (non-hydrogen) atoms. The highest BCUT2D eigenvalue weighted by molar-refractivity contribution is 5.75. The van der Waals surface area contributed by atoms with Gasteiger partial charge < -0.3 is 15.7 Å². The fraction of sp³-hybridized carbons (Fsp3) is 0.375. The Labute approximate surface area is 130 Å². The van der Waals surface area contributed by atoms with Crippen LogP contribution in [-0.2, 0) is 7.05 Å². The lowest BCUT2D eigenvalue weighted by Crippen LogP contribution is -2.39. The van der Waals surface area contributed by atoms with E-state index in [1.165, 1.54) is 0 Å². The number of rotatable bonds is 6. The molecule has 0 spiro atoms. The number of hydrogen-bond donors (Lipinski definition) is 3. The second-order valence-corrected chi connectivity index (χ2v) is 5.26. The van der Waals surface area contributed by atoms with E-state index in [0.717, 1.165) is 11.1 Å². The van der Waals surface area contributed by atoms with Gasteiger partial charge in [-0.2, -0.15) is 5.10 Å². The highest BCUT2D eigenvalue weighted by Gasteiger charge is 2.16. The zero-order chi connectivity index (χ0) is 15.9. The van der Waals surface area contributed by atoms with Crippen molar-refractivity contribution in [1.29, 1.82) is 0 Å². The molecular formula is C16H22N4O2. The first-order valence-electron chi connectivity index (χ1n) is 7.31. The summed E-state index contributed by atoms with van der Waals surface area (Å²) in [6, 6.07) is 9.00. The lowest BCUT2D eigenvalue weighted by molar-refractivity contribution is 0.226. The van der Waals surface area contributed by atoms with E-state index in [0.29, 0.717) is 6.42 Å². The van der Waals surface area contributed by atoms with Crippen molar-refractivity contribution >= 4 is 6.03 Å². The van der Waals surface area contributed by atoms with Gasteiger partial charge in [0, 0.05) is 25.4 Å². The van der Waals surface area contributed by atoms with Gasteiger partial charge in [-0.3, -0.25) is 4.68 Å². The van der Waals surface area contributed by atoms with E-state index in [4.69, 9.17) is 0 Å². The molecule has 2 aromatic rings. The van der Waals surface area contributed by atoms with Crippen molar-refractivity contribution in [1.82, 2.24) is 20.4 Å². The minimum absolute atomic E-state index is 0.0119. The van der Waals surface area contributed by atoms with Crippen molar-refractivity contribution in [2.45, 2.75) is 25.4 Å². The lowest BCUT2D eigenvalue weighted by Gasteiger charge is -2.20. The number of urea groups is 1. The van der Waals surface area contributed by atoms with Crippen LogP contribution in [0.1, 0.15) is 36.6 Å². The molecule has 1 aromatic carbocycles. The molecule has 0 radical (unpaired) electrons. The van der Waals surface area contributed by atoms with Crippen molar-refractivity contribution in [2.24, 2.45) is 7.05 Å². The maximum atomic E-state index is 12.2. The molecule has 0 bridgehead atoms. The largest absolute Gasteiger partial charge is 0.396 e. The Morgan fingerprint density at radius 3 is 2.59 bits per heavy atom. The molecule has 0 fully saturated rings. The predicted octanol–water partition coefficient (Wildman–Crippen LogP) is 1.90. The van der Waals surface area contributed by atoms with Crippen molar-refractivity contribution in [3.8, 4) is 0 Å². The van der Waals surface area contributed by atoms with Crippen LogP contribution in [0.4, 0.5) is 4.79 Å². The van der Waals surface area contributed by atoms with Gasteiger partial charge in [-0.25, -0.2) is 4.79 Å². The molecule has 1 heterocycles. The van der Waals surface area contributed by atoms with E-state index < -0.39 is 0 Å². The first-order valence-corrected chi connectivity index (χ1v) is 7.31. The van der Waals surface area contributed by atoms with Crippen molar-refractivity contribution in [3.05, 3.63) is 53.9 Å². The molecule has 1 unspecified atom stereocenters. The zero-order valence-electron chi connectivity index (χ0n) is 12.9. The fourth-order valence-electron chi connectivity index (χ4n) is 2.28. The molecule has 2 rings (SSSR count). The topological polar surface area (TPSA) is 79.2 Å². The van der Waals surface area contributed by atoms with E-state index in [2.05, 4.69) is 15.7 Å². The number of benzene rings is 1. The van der Waals surface area contributed by atoms with Gasteiger partial charge in [0.2, 0.25) is 0 Å². The molecule has 0 aliphatic heterocycles. The highest BCUT2D eigenvalue weighted by atomic mass is 16.3. The predicted molar refractivity (Wildman–Crippen MR) is 84.2 cm³/mol. The summed E-state index contributed by atoms with van der Waals surface area (Å²) in [5.41, 5.74) is 1.91. The number of nitrogens with one attached hydrogen (secondary N) is 2. The average molecular weight is 302 g/mol. The third-order valence-electron chi connectivity index (χ3n) is 3.50. The first-order chi connectivity index (χ1) is 10.6. The smallest absolute Gasteiger partial charge is 0.315 e. The number of nitrogens with zero attached hydrogens (tertiary/aromatic N) is 2. The number of aliphatic hydroxyl groups excluding tert-OH is 1. The molecule has 0 aliphatic carbocycles. The van der Waals surface area contributed by atoms with Crippen molar-refractivity contribution < 1.29 is 9.90 Å². The number of carbonyl (C=O) groups is 1. The van der Waals surface area contributed by atoms with Crippen LogP contribution in [0.15, 0.2) is 42.7 Å². The van der Waals surface area contributed by atoms with Crippen LogP contribution in [0.3, 0.4) is 0 Å². The summed E-state index contributed by atoms with van der Waals surface area (Å²) in [5.74, 6) is 0. The molecular weight excluding hydrogens is 280 g/mol. The summed E-state index contributed by atoms with van der Waals surface area (Å²) in [5, 5.41) is 19.1. The summed E-state index contributed by atoms with van der Waals surface area (Å²) in [6.07, 6.45) is 4.07. The van der Waals surface area contributed by atoms with Crippen LogP contribution in [0, 0.1) is 0 Å². The van der Waals surface area contributed by atoms with Gasteiger partial charge in [0.25, 0.3) is 0 Å². The quantitative estimate of drug-likeness (QED) is 0.762. The number of carbonyl (C=O) groups excluding carboxylic acids is 1. The fourth-order valence-corrected chi connectivity index (χ4v) is 2.28. The minimum atomic E-state index is -0.265. The molecule has 0 saturated heterocycles. The van der Waals surface area contributed by atoms with Gasteiger partial charge in [-0.1, -0.05) is 30.3 Å². The van der Waals surface area contributed by atoms with Gasteiger partial charge in [0.05, 0.1) is 18.3 Å². The molecule has 3 N–H and O–H groups in total. The summed E-state index contributed by atoms with van der Waals surface area (Å²) in [7, 11) is 1.84. The Morgan fingerprint density at radius 1 is 1.27 bits per heavy atom. The number of aryl methyl sites for hydroxylation is 1. The van der Waals surface area contributed by atoms with Crippen LogP contribution in [0.2, 0.25) is 0 Å². The SMILES string of the molecule is CC(NC(=O)N[C@H](CCO)c1ccccc1)c1cnn(C)c1. The normalized spacial score (nSPS) is 13.4. The van der Waals surface area contributed by atoms with Crippen LogP contribution in [0.5, 0.6) is 0 Å². The van der Waals surface area contributed by atoms with Crippen LogP contribution in [-0.4, -0.2) is 27.5 Å². The molecule has 0 saturated carbocycles. The Morgan fingerprint density at radius 2 is 2.00 bits per heavy atom. The molecule has 6 nitrogen and oxygen atoms in total. The minimum Gasteiger partial charge on any atom is -0.396 e. The van der Waals surface area contributed by atoms with E-state index in [1.54, 1.807) is 10.9 Å². The summed E-state index contributed by atoms with van der Waals surface area (Å²) in [4.78, 5) is 12.2. The Bertz CT molecular complexity index is 597. The van der Waals surface area contributed by atoms with E-state index in [9.17, 15) is 9.90 Å². The number of aliphatic hydroxyl groups is 1. The maximum absolute atomic E-state index is 12.2. The Balaban J connectivity index is 1.96. The Hall–Kier alpha value is -2.34. The number of aromatic nitrogens is 2. The molecule has 0 aliphatic rings. The van der Waals surface area contributed by atoms with Gasteiger partial charge >= 0.3 is 6.03 Å². The molecule has 118 valence electrons. The van der Waals surface area contributed by atoms with Crippen LogP contribution in [0.25, 0.3) is 0 Å². The first kappa shape index (κ1) is 16.0. The van der Waals surface area contributed by atoms with Gasteiger partial charge in [0.15, 0.2) is 0 Å². The van der Waals surface area contributed by atoms with Gasteiger partial charge in [0.1, 0.15) is 0 Å². The Kier molecular flexibility index (Phi) is 5.55. The second kappa shape index (κ2) is 7.61. The van der Waals surface area contributed by atoms with Crippen molar-refractivity contribution in [2.75, 3.05) is 6.61 Å². The molecule has 1 aromatic heterocycles. The highest BCUT2D eigenvalue weighted by Crippen LogP contribution is 2.16. The lowest BCUT2D eigenvalue weighted by atomic mass is 10.0. The second-order valence-electron chi connectivity index (χ2n) is 5.26. The number of hydrogen-bond acceptors (Lipinski definition) is 3. The summed E-state index contributed by atoms with van der Waals surface area (Å²) in [6.45, 7) is 1.91.